The zero-order chi connectivity index (χ0) is 15.9. The van der Waals surface area contributed by atoms with E-state index in [0.717, 1.165) is 31.4 Å². The van der Waals surface area contributed by atoms with Crippen LogP contribution in [0.5, 0.6) is 5.88 Å². The Hall–Kier alpha value is -1.69. The fraction of sp³-hybridized carbons (Fsp3) is 0.706. The lowest BCUT2D eigenvalue weighted by atomic mass is 9.80. The molecular formula is C17H23N3O3. The summed E-state index contributed by atoms with van der Waals surface area (Å²) in [5.41, 5.74) is 0.643. The van der Waals surface area contributed by atoms with Crippen molar-refractivity contribution in [2.75, 3.05) is 19.7 Å². The van der Waals surface area contributed by atoms with Crippen molar-refractivity contribution in [1.29, 1.82) is 0 Å². The SMILES string of the molecule is Cc1cncc(OC2CCOC3(C2)CN(C(=O)C2CCC2)C3)n1. The van der Waals surface area contributed by atoms with E-state index in [-0.39, 0.29) is 17.6 Å². The van der Waals surface area contributed by atoms with Crippen LogP contribution < -0.4 is 4.74 Å². The Labute approximate surface area is 136 Å². The molecule has 1 aliphatic carbocycles. The van der Waals surface area contributed by atoms with E-state index >= 15 is 0 Å². The van der Waals surface area contributed by atoms with Crippen molar-refractivity contribution in [3.63, 3.8) is 0 Å². The largest absolute Gasteiger partial charge is 0.473 e. The lowest BCUT2D eigenvalue weighted by Gasteiger charge is -2.54. The van der Waals surface area contributed by atoms with E-state index in [1.165, 1.54) is 6.42 Å². The van der Waals surface area contributed by atoms with E-state index in [2.05, 4.69) is 9.97 Å². The van der Waals surface area contributed by atoms with E-state index in [4.69, 9.17) is 9.47 Å². The molecule has 1 saturated carbocycles. The Morgan fingerprint density at radius 1 is 1.35 bits per heavy atom. The van der Waals surface area contributed by atoms with Crippen molar-refractivity contribution in [2.24, 2.45) is 5.92 Å². The smallest absolute Gasteiger partial charge is 0.232 e. The molecule has 6 nitrogen and oxygen atoms in total. The van der Waals surface area contributed by atoms with Gasteiger partial charge in [-0.25, -0.2) is 4.98 Å². The second-order valence-electron chi connectivity index (χ2n) is 7.08. The highest BCUT2D eigenvalue weighted by molar-refractivity contribution is 5.80. The second-order valence-corrected chi connectivity index (χ2v) is 7.08. The van der Waals surface area contributed by atoms with Crippen molar-refractivity contribution in [3.8, 4) is 5.88 Å². The van der Waals surface area contributed by atoms with Gasteiger partial charge in [0.05, 0.1) is 31.6 Å². The molecule has 2 saturated heterocycles. The molecule has 1 aromatic rings. The van der Waals surface area contributed by atoms with E-state index in [1.54, 1.807) is 12.4 Å². The number of hydrogen-bond donors (Lipinski definition) is 0. The van der Waals surface area contributed by atoms with Crippen molar-refractivity contribution in [2.45, 2.75) is 50.7 Å². The van der Waals surface area contributed by atoms with Crippen LogP contribution in [0.4, 0.5) is 0 Å². The fourth-order valence-electron chi connectivity index (χ4n) is 3.69. The molecule has 124 valence electrons. The predicted molar refractivity (Wildman–Crippen MR) is 83.0 cm³/mol. The Morgan fingerprint density at radius 3 is 2.87 bits per heavy atom. The maximum Gasteiger partial charge on any atom is 0.232 e. The summed E-state index contributed by atoms with van der Waals surface area (Å²) in [4.78, 5) is 22.7. The number of rotatable bonds is 3. The number of ether oxygens (including phenoxy) is 2. The van der Waals surface area contributed by atoms with Gasteiger partial charge in [-0.1, -0.05) is 6.42 Å². The third-order valence-electron chi connectivity index (χ3n) is 5.19. The first-order valence-electron chi connectivity index (χ1n) is 8.52. The molecule has 3 heterocycles. The summed E-state index contributed by atoms with van der Waals surface area (Å²) < 4.78 is 12.0. The first-order valence-corrected chi connectivity index (χ1v) is 8.52. The Balaban J connectivity index is 1.34. The number of nitrogens with zero attached hydrogens (tertiary/aromatic N) is 3. The van der Waals surface area contributed by atoms with Crippen LogP contribution in [0.25, 0.3) is 0 Å². The summed E-state index contributed by atoms with van der Waals surface area (Å²) in [6, 6.07) is 0. The molecule has 1 aromatic heterocycles. The normalized spacial score (nSPS) is 26.5. The molecule has 6 heteroatoms. The van der Waals surface area contributed by atoms with Gasteiger partial charge in [-0.3, -0.25) is 9.78 Å². The summed E-state index contributed by atoms with van der Waals surface area (Å²) in [6.45, 7) is 4.00. The number of carbonyl (C=O) groups excluding carboxylic acids is 1. The first kappa shape index (κ1) is 14.9. The molecule has 2 aliphatic heterocycles. The number of aryl methyl sites for hydroxylation is 1. The minimum atomic E-state index is -0.209. The monoisotopic (exact) mass is 317 g/mol. The average Bonchev–Trinajstić information content (AvgIpc) is 2.43. The highest BCUT2D eigenvalue weighted by Crippen LogP contribution is 2.38. The third-order valence-corrected chi connectivity index (χ3v) is 5.19. The predicted octanol–water partition coefficient (Wildman–Crippen LogP) is 1.72. The molecule has 0 radical (unpaired) electrons. The topological polar surface area (TPSA) is 64.6 Å². The van der Waals surface area contributed by atoms with Crippen LogP contribution >= 0.6 is 0 Å². The minimum Gasteiger partial charge on any atom is -0.473 e. The Kier molecular flexibility index (Phi) is 3.71. The lowest BCUT2D eigenvalue weighted by Crippen LogP contribution is -2.68. The van der Waals surface area contributed by atoms with Crippen molar-refractivity contribution < 1.29 is 14.3 Å². The molecule has 1 unspecified atom stereocenters. The van der Waals surface area contributed by atoms with Crippen LogP contribution in [0, 0.1) is 12.8 Å². The van der Waals surface area contributed by atoms with Gasteiger partial charge in [0.15, 0.2) is 0 Å². The number of amides is 1. The van der Waals surface area contributed by atoms with Crippen LogP contribution in [0.15, 0.2) is 12.4 Å². The number of hydrogen-bond acceptors (Lipinski definition) is 5. The zero-order valence-electron chi connectivity index (χ0n) is 13.5. The third kappa shape index (κ3) is 2.92. The molecule has 4 rings (SSSR count). The standard InChI is InChI=1S/C17H23N3O3/c1-12-8-18-9-15(19-12)23-14-5-6-22-17(7-14)10-20(11-17)16(21)13-3-2-4-13/h8-9,13-14H,2-7,10-11H2,1H3. The number of aromatic nitrogens is 2. The van der Waals surface area contributed by atoms with E-state index in [1.807, 2.05) is 11.8 Å². The molecule has 0 aromatic carbocycles. The molecule has 1 atom stereocenters. The molecule has 3 aliphatic rings. The van der Waals surface area contributed by atoms with E-state index < -0.39 is 0 Å². The van der Waals surface area contributed by atoms with Crippen LogP contribution in [0.2, 0.25) is 0 Å². The van der Waals surface area contributed by atoms with Gasteiger partial charge in [-0.2, -0.15) is 0 Å². The average molecular weight is 317 g/mol. The Morgan fingerprint density at radius 2 is 2.17 bits per heavy atom. The van der Waals surface area contributed by atoms with Crippen molar-refractivity contribution >= 4 is 5.91 Å². The van der Waals surface area contributed by atoms with Gasteiger partial charge in [-0.15, -0.1) is 0 Å². The van der Waals surface area contributed by atoms with Gasteiger partial charge < -0.3 is 14.4 Å². The fourth-order valence-corrected chi connectivity index (χ4v) is 3.69. The highest BCUT2D eigenvalue weighted by Gasteiger charge is 2.51. The van der Waals surface area contributed by atoms with Gasteiger partial charge in [0.1, 0.15) is 11.7 Å². The number of likely N-dealkylation sites (tertiary alicyclic amines) is 1. The maximum atomic E-state index is 12.3. The quantitative estimate of drug-likeness (QED) is 0.849. The number of carbonyl (C=O) groups is 1. The minimum absolute atomic E-state index is 0.0841. The van der Waals surface area contributed by atoms with Gasteiger partial charge in [0.2, 0.25) is 11.8 Å². The summed E-state index contributed by atoms with van der Waals surface area (Å²) in [6.07, 6.45) is 8.43. The van der Waals surface area contributed by atoms with Crippen LogP contribution in [-0.2, 0) is 9.53 Å². The van der Waals surface area contributed by atoms with Crippen LogP contribution in [0.3, 0.4) is 0 Å². The zero-order valence-corrected chi connectivity index (χ0v) is 13.5. The van der Waals surface area contributed by atoms with Crippen molar-refractivity contribution in [3.05, 3.63) is 18.1 Å². The molecule has 1 amide bonds. The molecule has 3 fully saturated rings. The molecule has 0 N–H and O–H groups in total. The molecule has 23 heavy (non-hydrogen) atoms. The van der Waals surface area contributed by atoms with Crippen molar-refractivity contribution in [1.82, 2.24) is 14.9 Å². The lowest BCUT2D eigenvalue weighted by molar-refractivity contribution is -0.197. The summed E-state index contributed by atoms with van der Waals surface area (Å²) in [5.74, 6) is 1.16. The first-order chi connectivity index (χ1) is 11.1. The maximum absolute atomic E-state index is 12.3. The molecule has 1 spiro atoms. The Bertz CT molecular complexity index is 597. The molecule has 0 bridgehead atoms. The summed E-state index contributed by atoms with van der Waals surface area (Å²) >= 11 is 0. The highest BCUT2D eigenvalue weighted by atomic mass is 16.5. The van der Waals surface area contributed by atoms with Gasteiger partial charge in [-0.05, 0) is 19.8 Å². The summed E-state index contributed by atoms with van der Waals surface area (Å²) in [5, 5.41) is 0. The molecular weight excluding hydrogens is 294 g/mol. The van der Waals surface area contributed by atoms with Crippen LogP contribution in [-0.4, -0.2) is 52.2 Å². The van der Waals surface area contributed by atoms with Gasteiger partial charge in [0, 0.05) is 25.0 Å². The van der Waals surface area contributed by atoms with E-state index in [0.29, 0.717) is 31.5 Å². The van der Waals surface area contributed by atoms with Gasteiger partial charge in [0.25, 0.3) is 0 Å². The summed E-state index contributed by atoms with van der Waals surface area (Å²) in [7, 11) is 0. The van der Waals surface area contributed by atoms with E-state index in [9.17, 15) is 4.79 Å². The van der Waals surface area contributed by atoms with Gasteiger partial charge >= 0.3 is 0 Å². The second kappa shape index (κ2) is 5.74. The van der Waals surface area contributed by atoms with Crippen LogP contribution in [0.1, 0.15) is 37.8 Å².